The highest BCUT2D eigenvalue weighted by molar-refractivity contribution is 5.99. The van der Waals surface area contributed by atoms with Crippen LogP contribution in [0.15, 0.2) is 36.4 Å². The van der Waals surface area contributed by atoms with E-state index in [1.165, 1.54) is 6.07 Å². The van der Waals surface area contributed by atoms with E-state index in [0.29, 0.717) is 17.7 Å². The van der Waals surface area contributed by atoms with E-state index >= 15 is 0 Å². The summed E-state index contributed by atoms with van der Waals surface area (Å²) in [6.07, 6.45) is -1.90. The number of hydrogen-bond donors (Lipinski definition) is 2. The average molecular weight is 395 g/mol. The Hall–Kier alpha value is -3.40. The summed E-state index contributed by atoms with van der Waals surface area (Å²) >= 11 is 0. The lowest BCUT2D eigenvalue weighted by Gasteiger charge is -2.21. The summed E-state index contributed by atoms with van der Waals surface area (Å²) in [6.45, 7) is 5.87. The molecule has 29 heavy (non-hydrogen) atoms. The lowest BCUT2D eigenvalue weighted by molar-refractivity contribution is 0.0965. The molecule has 2 aromatic rings. The molecule has 150 valence electrons. The number of rotatable bonds is 4. The molecule has 2 N–H and O–H groups in total. The van der Waals surface area contributed by atoms with Gasteiger partial charge in [0.25, 0.3) is 5.91 Å². The molecule has 7 heteroatoms. The number of ether oxygens (including phenoxy) is 1. The first kappa shape index (κ1) is 20.3. The van der Waals surface area contributed by atoms with Crippen LogP contribution in [0, 0.1) is 17.1 Å². The van der Waals surface area contributed by atoms with Gasteiger partial charge in [0.05, 0.1) is 0 Å². The van der Waals surface area contributed by atoms with Crippen LogP contribution < -0.4 is 10.6 Å². The van der Waals surface area contributed by atoms with E-state index in [2.05, 4.69) is 10.6 Å². The van der Waals surface area contributed by atoms with Crippen molar-refractivity contribution in [1.29, 1.82) is 5.26 Å². The predicted octanol–water partition coefficient (Wildman–Crippen LogP) is 3.70. The summed E-state index contributed by atoms with van der Waals surface area (Å²) in [5, 5.41) is 14.6. The zero-order valence-electron chi connectivity index (χ0n) is 16.5. The average Bonchev–Trinajstić information content (AvgIpc) is 3.01. The van der Waals surface area contributed by atoms with Crippen molar-refractivity contribution in [2.24, 2.45) is 0 Å². The monoisotopic (exact) mass is 395 g/mol. The molecule has 0 aromatic heterocycles. The number of hydrogen-bond acceptors (Lipinski definition) is 4. The fourth-order valence-electron chi connectivity index (χ4n) is 3.06. The Morgan fingerprint density at radius 3 is 2.62 bits per heavy atom. The zero-order valence-corrected chi connectivity index (χ0v) is 16.5. The lowest BCUT2D eigenvalue weighted by atomic mass is 9.98. The van der Waals surface area contributed by atoms with Crippen LogP contribution in [0.4, 0.5) is 9.18 Å². The van der Waals surface area contributed by atoms with Crippen molar-refractivity contribution in [1.82, 2.24) is 10.6 Å². The minimum atomic E-state index is -1.11. The summed E-state index contributed by atoms with van der Waals surface area (Å²) < 4.78 is 19.7. The highest BCUT2D eigenvalue weighted by Crippen LogP contribution is 2.27. The quantitative estimate of drug-likeness (QED) is 0.826. The minimum Gasteiger partial charge on any atom is -0.430 e. The number of alkyl carbamates (subject to hydrolysis) is 1. The molecule has 0 saturated carbocycles. The Morgan fingerprint density at radius 1 is 1.28 bits per heavy atom. The van der Waals surface area contributed by atoms with Gasteiger partial charge in [-0.25, -0.2) is 9.18 Å². The molecule has 1 heterocycles. The minimum absolute atomic E-state index is 0.0627. The van der Waals surface area contributed by atoms with Gasteiger partial charge in [-0.3, -0.25) is 4.79 Å². The van der Waals surface area contributed by atoms with Gasteiger partial charge in [-0.2, -0.15) is 5.26 Å². The molecule has 0 fully saturated rings. The standard InChI is InChI=1S/C22H22FN3O3/c1-22(2,3)26-21(28)29-17(11-24)8-15-6-4-14(10-19(15)23)13-5-7-16-12-25-20(27)18(16)9-13/h4-7,9-10,17H,8,12H2,1-3H3,(H,25,27)(H,26,28)/t17-/m0/s1. The van der Waals surface area contributed by atoms with Crippen molar-refractivity contribution in [2.75, 3.05) is 0 Å². The van der Waals surface area contributed by atoms with Crippen LogP contribution >= 0.6 is 0 Å². The van der Waals surface area contributed by atoms with Gasteiger partial charge in [-0.15, -0.1) is 0 Å². The smallest absolute Gasteiger partial charge is 0.408 e. The second-order valence-corrected chi connectivity index (χ2v) is 7.96. The molecule has 6 nitrogen and oxygen atoms in total. The largest absolute Gasteiger partial charge is 0.430 e. The zero-order chi connectivity index (χ0) is 21.2. The van der Waals surface area contributed by atoms with Gasteiger partial charge in [-0.1, -0.05) is 24.3 Å². The summed E-state index contributed by atoms with van der Waals surface area (Å²) in [5.41, 5.74) is 2.62. The Kier molecular flexibility index (Phi) is 5.55. The van der Waals surface area contributed by atoms with Crippen LogP contribution in [0.2, 0.25) is 0 Å². The number of amides is 2. The second-order valence-electron chi connectivity index (χ2n) is 7.96. The van der Waals surface area contributed by atoms with E-state index in [0.717, 1.165) is 11.1 Å². The van der Waals surface area contributed by atoms with Crippen LogP contribution in [-0.4, -0.2) is 23.6 Å². The number of nitriles is 1. The number of nitrogens with one attached hydrogen (secondary N) is 2. The summed E-state index contributed by atoms with van der Waals surface area (Å²) in [4.78, 5) is 23.7. The third-order valence-corrected chi connectivity index (χ3v) is 4.46. The fourth-order valence-corrected chi connectivity index (χ4v) is 3.06. The summed E-state index contributed by atoms with van der Waals surface area (Å²) in [5.74, 6) is -0.644. The molecule has 0 bridgehead atoms. The summed E-state index contributed by atoms with van der Waals surface area (Å²) in [6, 6.07) is 11.9. The summed E-state index contributed by atoms with van der Waals surface area (Å²) in [7, 11) is 0. The number of benzene rings is 2. The van der Waals surface area contributed by atoms with Crippen molar-refractivity contribution in [3.8, 4) is 17.2 Å². The maximum atomic E-state index is 14.6. The highest BCUT2D eigenvalue weighted by Gasteiger charge is 2.22. The molecule has 0 unspecified atom stereocenters. The number of carbonyl (C=O) groups excluding carboxylic acids is 2. The topological polar surface area (TPSA) is 91.2 Å². The Balaban J connectivity index is 1.74. The molecular formula is C22H22FN3O3. The maximum absolute atomic E-state index is 14.6. The van der Waals surface area contributed by atoms with Gasteiger partial charge in [0.15, 0.2) is 6.10 Å². The second kappa shape index (κ2) is 7.92. The van der Waals surface area contributed by atoms with Gasteiger partial charge >= 0.3 is 6.09 Å². The van der Waals surface area contributed by atoms with Gasteiger partial charge in [0, 0.05) is 24.1 Å². The molecule has 0 radical (unpaired) electrons. The normalized spacial score (nSPS) is 13.8. The number of halogens is 1. The molecule has 3 rings (SSSR count). The molecule has 2 amide bonds. The van der Waals surface area contributed by atoms with E-state index in [1.54, 1.807) is 39.0 Å². The molecule has 0 spiro atoms. The van der Waals surface area contributed by atoms with Crippen LogP contribution in [0.5, 0.6) is 0 Å². The van der Waals surface area contributed by atoms with Crippen molar-refractivity contribution >= 4 is 12.0 Å². The Labute approximate surface area is 168 Å². The van der Waals surface area contributed by atoms with Crippen LogP contribution in [0.3, 0.4) is 0 Å². The molecule has 1 atom stereocenters. The van der Waals surface area contributed by atoms with Crippen LogP contribution in [-0.2, 0) is 17.7 Å². The highest BCUT2D eigenvalue weighted by atomic mass is 19.1. The van der Waals surface area contributed by atoms with Gasteiger partial charge in [0.2, 0.25) is 0 Å². The van der Waals surface area contributed by atoms with E-state index < -0.39 is 23.6 Å². The first-order valence-corrected chi connectivity index (χ1v) is 9.24. The molecule has 0 aliphatic carbocycles. The molecule has 2 aromatic carbocycles. The number of fused-ring (bicyclic) bond motifs is 1. The first-order valence-electron chi connectivity index (χ1n) is 9.24. The van der Waals surface area contributed by atoms with E-state index in [-0.39, 0.29) is 17.9 Å². The van der Waals surface area contributed by atoms with E-state index in [9.17, 15) is 19.2 Å². The van der Waals surface area contributed by atoms with Gasteiger partial charge in [0.1, 0.15) is 11.9 Å². The molecular weight excluding hydrogens is 373 g/mol. The Morgan fingerprint density at radius 2 is 1.97 bits per heavy atom. The number of nitrogens with zero attached hydrogens (tertiary/aromatic N) is 1. The van der Waals surface area contributed by atoms with E-state index in [4.69, 9.17) is 4.74 Å². The van der Waals surface area contributed by atoms with Crippen LogP contribution in [0.25, 0.3) is 11.1 Å². The van der Waals surface area contributed by atoms with Gasteiger partial charge in [-0.05, 0) is 55.2 Å². The maximum Gasteiger partial charge on any atom is 0.408 e. The molecule has 0 saturated heterocycles. The van der Waals surface area contributed by atoms with Gasteiger partial charge < -0.3 is 15.4 Å². The van der Waals surface area contributed by atoms with Crippen molar-refractivity contribution < 1.29 is 18.7 Å². The van der Waals surface area contributed by atoms with Crippen LogP contribution in [0.1, 0.15) is 42.3 Å². The third kappa shape index (κ3) is 4.91. The van der Waals surface area contributed by atoms with Crippen molar-refractivity contribution in [3.05, 3.63) is 58.9 Å². The van der Waals surface area contributed by atoms with E-state index in [1.807, 2.05) is 18.2 Å². The molecule has 1 aliphatic rings. The third-order valence-electron chi connectivity index (χ3n) is 4.46. The first-order chi connectivity index (χ1) is 13.7. The Bertz CT molecular complexity index is 1010. The number of carbonyl (C=O) groups is 2. The molecule has 1 aliphatic heterocycles. The SMILES string of the molecule is CC(C)(C)NC(=O)O[C@H](C#N)Cc1ccc(-c2ccc3c(c2)C(=O)NC3)cc1F. The predicted molar refractivity (Wildman–Crippen MR) is 105 cm³/mol. The van der Waals surface area contributed by atoms with Crippen molar-refractivity contribution in [2.45, 2.75) is 45.4 Å². The fraction of sp³-hybridized carbons (Fsp3) is 0.318. The van der Waals surface area contributed by atoms with Crippen molar-refractivity contribution in [3.63, 3.8) is 0 Å². The lowest BCUT2D eigenvalue weighted by Crippen LogP contribution is -2.42.